The van der Waals surface area contributed by atoms with E-state index in [0.717, 1.165) is 76.1 Å². The second kappa shape index (κ2) is 14.0. The van der Waals surface area contributed by atoms with Crippen molar-refractivity contribution in [3.8, 4) is 0 Å². The van der Waals surface area contributed by atoms with E-state index in [0.29, 0.717) is 31.3 Å². The predicted molar refractivity (Wildman–Crippen MR) is 144 cm³/mol. The molecule has 2 atom stereocenters. The van der Waals surface area contributed by atoms with Crippen molar-refractivity contribution in [1.82, 2.24) is 9.80 Å². The summed E-state index contributed by atoms with van der Waals surface area (Å²) in [5.74, 6) is 1.32. The first kappa shape index (κ1) is 27.7. The molecule has 1 N–H and O–H groups in total. The molecule has 0 radical (unpaired) electrons. The molecule has 0 spiro atoms. The van der Waals surface area contributed by atoms with Crippen LogP contribution in [0, 0.1) is 11.8 Å². The van der Waals surface area contributed by atoms with Crippen LogP contribution in [-0.2, 0) is 11.2 Å². The number of aliphatic hydroxyl groups excluding tert-OH is 1. The van der Waals surface area contributed by atoms with Crippen LogP contribution in [0.4, 0.5) is 5.69 Å². The van der Waals surface area contributed by atoms with Gasteiger partial charge in [-0.1, -0.05) is 26.0 Å². The molecule has 6 nitrogen and oxygen atoms in total. The maximum absolute atomic E-state index is 13.1. The lowest BCUT2D eigenvalue weighted by Gasteiger charge is -2.35. The molecule has 35 heavy (non-hydrogen) atoms. The van der Waals surface area contributed by atoms with Crippen molar-refractivity contribution in [3.63, 3.8) is 0 Å². The maximum atomic E-state index is 13.1. The minimum Gasteiger partial charge on any atom is -0.392 e. The average molecular weight is 486 g/mol. The Hall–Kier alpha value is -1.89. The van der Waals surface area contributed by atoms with E-state index in [2.05, 4.69) is 54.9 Å². The van der Waals surface area contributed by atoms with E-state index in [9.17, 15) is 9.90 Å². The van der Waals surface area contributed by atoms with Gasteiger partial charge >= 0.3 is 0 Å². The fourth-order valence-corrected chi connectivity index (χ4v) is 5.41. The number of rotatable bonds is 13. The lowest BCUT2D eigenvalue weighted by molar-refractivity contribution is 0.0656. The number of fused-ring (bicyclic) bond motifs is 1. The minimum absolute atomic E-state index is 0.108. The Morgan fingerprint density at radius 1 is 1.23 bits per heavy atom. The van der Waals surface area contributed by atoms with Crippen molar-refractivity contribution < 1.29 is 14.6 Å². The van der Waals surface area contributed by atoms with Crippen LogP contribution in [0.5, 0.6) is 0 Å². The number of benzene rings is 1. The molecular weight excluding hydrogens is 438 g/mol. The van der Waals surface area contributed by atoms with Crippen LogP contribution in [0.15, 0.2) is 30.4 Å². The molecule has 0 saturated carbocycles. The summed E-state index contributed by atoms with van der Waals surface area (Å²) in [5.41, 5.74) is 3.23. The quantitative estimate of drug-likeness (QED) is 0.424. The number of ether oxygens (including phenoxy) is 1. The van der Waals surface area contributed by atoms with Crippen LogP contribution in [0.3, 0.4) is 0 Å². The van der Waals surface area contributed by atoms with E-state index in [-0.39, 0.29) is 5.91 Å². The number of hydrogen-bond acceptors (Lipinski definition) is 5. The first-order valence-electron chi connectivity index (χ1n) is 13.6. The molecule has 1 aromatic rings. The Labute approximate surface area is 212 Å². The number of piperidine rings is 1. The lowest BCUT2D eigenvalue weighted by Crippen LogP contribution is -2.41. The van der Waals surface area contributed by atoms with Crippen LogP contribution in [0.1, 0.15) is 62.4 Å². The summed E-state index contributed by atoms with van der Waals surface area (Å²) in [6, 6.07) is 6.35. The van der Waals surface area contributed by atoms with Crippen molar-refractivity contribution in [3.05, 3.63) is 41.5 Å². The molecule has 6 heteroatoms. The van der Waals surface area contributed by atoms with Gasteiger partial charge in [0.2, 0.25) is 0 Å². The van der Waals surface area contributed by atoms with E-state index in [1.54, 1.807) is 7.11 Å². The third-order valence-electron chi connectivity index (χ3n) is 7.71. The third-order valence-corrected chi connectivity index (χ3v) is 7.71. The fourth-order valence-electron chi connectivity index (χ4n) is 5.41. The number of nitrogens with zero attached hydrogens (tertiary/aromatic N) is 3. The molecule has 0 aromatic heterocycles. The molecule has 2 heterocycles. The number of likely N-dealkylation sites (N-methyl/N-ethyl adjacent to an activating group) is 1. The summed E-state index contributed by atoms with van der Waals surface area (Å²) < 4.78 is 5.32. The number of aliphatic hydroxyl groups is 1. The van der Waals surface area contributed by atoms with E-state index >= 15 is 0 Å². The van der Waals surface area contributed by atoms with Gasteiger partial charge < -0.3 is 24.5 Å². The molecule has 1 saturated heterocycles. The molecule has 0 bridgehead atoms. The van der Waals surface area contributed by atoms with Crippen molar-refractivity contribution in [2.24, 2.45) is 11.8 Å². The fraction of sp³-hybridized carbons (Fsp3) is 0.690. The SMILES string of the molecule is C/C=C\C(C)CCN(CC)CC(O)CCN1CCc2cc(N3CCC(COC)CC3)ccc2C1=O. The lowest BCUT2D eigenvalue weighted by atomic mass is 9.95. The van der Waals surface area contributed by atoms with Crippen LogP contribution >= 0.6 is 0 Å². The minimum atomic E-state index is -0.412. The van der Waals surface area contributed by atoms with E-state index in [1.165, 1.54) is 5.69 Å². The standard InChI is InChI=1S/C29H47N3O3/c1-5-7-23(3)10-15-30(6-2)21-27(33)14-19-32-18-13-25-20-26(8-9-28(25)29(32)34)31-16-11-24(12-17-31)22-35-4/h5,7-9,20,23-24,27,33H,6,10-19,21-22H2,1-4H3/b7-5-. The summed E-state index contributed by atoms with van der Waals surface area (Å²) in [6.07, 6.45) is 8.85. The van der Waals surface area contributed by atoms with Crippen LogP contribution in [-0.4, -0.2) is 86.4 Å². The number of carbonyl (C=O) groups excluding carboxylic acids is 1. The summed E-state index contributed by atoms with van der Waals surface area (Å²) in [7, 11) is 1.78. The smallest absolute Gasteiger partial charge is 0.254 e. The average Bonchev–Trinajstić information content (AvgIpc) is 2.86. The number of hydrogen-bond donors (Lipinski definition) is 1. The van der Waals surface area contributed by atoms with E-state index < -0.39 is 6.10 Å². The molecule has 2 aliphatic heterocycles. The summed E-state index contributed by atoms with van der Waals surface area (Å²) in [6.45, 7) is 13.3. The number of carbonyl (C=O) groups is 1. The summed E-state index contributed by atoms with van der Waals surface area (Å²) in [4.78, 5) is 19.8. The van der Waals surface area contributed by atoms with Crippen LogP contribution < -0.4 is 4.90 Å². The van der Waals surface area contributed by atoms with Crippen LogP contribution in [0.25, 0.3) is 0 Å². The van der Waals surface area contributed by atoms with Crippen molar-refractivity contribution in [2.75, 3.05) is 64.4 Å². The Morgan fingerprint density at radius 3 is 2.69 bits per heavy atom. The highest BCUT2D eigenvalue weighted by molar-refractivity contribution is 5.97. The van der Waals surface area contributed by atoms with E-state index in [1.807, 2.05) is 11.0 Å². The summed E-state index contributed by atoms with van der Waals surface area (Å²) >= 11 is 0. The highest BCUT2D eigenvalue weighted by atomic mass is 16.5. The zero-order chi connectivity index (χ0) is 25.2. The first-order valence-corrected chi connectivity index (χ1v) is 13.6. The molecule has 2 aliphatic rings. The molecule has 2 unspecified atom stereocenters. The van der Waals surface area contributed by atoms with Gasteiger partial charge in [-0.15, -0.1) is 0 Å². The van der Waals surface area contributed by atoms with Gasteiger partial charge in [-0.2, -0.15) is 0 Å². The molecule has 1 aromatic carbocycles. The summed E-state index contributed by atoms with van der Waals surface area (Å²) in [5, 5.41) is 10.7. The number of amides is 1. The van der Waals surface area contributed by atoms with Gasteiger partial charge in [0, 0.05) is 57.7 Å². The molecule has 1 fully saturated rings. The van der Waals surface area contributed by atoms with Crippen molar-refractivity contribution in [2.45, 2.75) is 59.0 Å². The Balaban J connectivity index is 1.48. The van der Waals surface area contributed by atoms with Gasteiger partial charge in [-0.25, -0.2) is 0 Å². The zero-order valence-electron chi connectivity index (χ0n) is 22.4. The third kappa shape index (κ3) is 8.06. The monoisotopic (exact) mass is 485 g/mol. The second-order valence-corrected chi connectivity index (χ2v) is 10.4. The normalized spacial score (nSPS) is 19.0. The highest BCUT2D eigenvalue weighted by Gasteiger charge is 2.26. The maximum Gasteiger partial charge on any atom is 0.254 e. The van der Waals surface area contributed by atoms with Crippen molar-refractivity contribution >= 4 is 11.6 Å². The van der Waals surface area contributed by atoms with Crippen LogP contribution in [0.2, 0.25) is 0 Å². The van der Waals surface area contributed by atoms with Gasteiger partial charge in [0.25, 0.3) is 5.91 Å². The first-order chi connectivity index (χ1) is 16.9. The van der Waals surface area contributed by atoms with Crippen molar-refractivity contribution in [1.29, 1.82) is 0 Å². The molecule has 3 rings (SSSR count). The number of allylic oxidation sites excluding steroid dienone is 2. The number of methoxy groups -OCH3 is 1. The molecular formula is C29H47N3O3. The number of anilines is 1. The second-order valence-electron chi connectivity index (χ2n) is 10.4. The van der Waals surface area contributed by atoms with Gasteiger partial charge in [0.15, 0.2) is 0 Å². The largest absolute Gasteiger partial charge is 0.392 e. The molecule has 0 aliphatic carbocycles. The highest BCUT2D eigenvalue weighted by Crippen LogP contribution is 2.28. The predicted octanol–water partition coefficient (Wildman–Crippen LogP) is 4.22. The molecule has 196 valence electrons. The van der Waals surface area contributed by atoms with E-state index in [4.69, 9.17) is 4.74 Å². The topological polar surface area (TPSA) is 56.3 Å². The zero-order valence-corrected chi connectivity index (χ0v) is 22.4. The Kier molecular flexibility index (Phi) is 11.1. The Morgan fingerprint density at radius 2 is 2.00 bits per heavy atom. The van der Waals surface area contributed by atoms with Gasteiger partial charge in [-0.3, -0.25) is 4.79 Å². The molecule has 1 amide bonds. The van der Waals surface area contributed by atoms with Gasteiger partial charge in [0.05, 0.1) is 6.10 Å². The van der Waals surface area contributed by atoms with Gasteiger partial charge in [-0.05, 0) is 87.7 Å². The van der Waals surface area contributed by atoms with Gasteiger partial charge in [0.1, 0.15) is 0 Å². The Bertz CT molecular complexity index is 819.